The summed E-state index contributed by atoms with van der Waals surface area (Å²) in [5, 5.41) is 6.55. The van der Waals surface area contributed by atoms with Crippen LogP contribution in [-0.2, 0) is 0 Å². The van der Waals surface area contributed by atoms with E-state index in [0.29, 0.717) is 17.8 Å². The van der Waals surface area contributed by atoms with Crippen molar-refractivity contribution >= 4 is 23.5 Å². The summed E-state index contributed by atoms with van der Waals surface area (Å²) in [4.78, 5) is 14.9. The molecular weight excluding hydrogens is 276 g/mol. The van der Waals surface area contributed by atoms with Gasteiger partial charge in [-0.3, -0.25) is 0 Å². The molecule has 1 aromatic rings. The van der Waals surface area contributed by atoms with Crippen molar-refractivity contribution in [3.63, 3.8) is 0 Å². The number of likely N-dealkylation sites (tertiary alicyclic amines) is 1. The number of hydrogen-bond donors (Lipinski definition) is 2. The number of hydrogen-bond acceptors (Lipinski definition) is 6. The Morgan fingerprint density at radius 3 is 2.35 bits per heavy atom. The Balaban J connectivity index is 1.84. The van der Waals surface area contributed by atoms with Crippen LogP contribution in [0.3, 0.4) is 0 Å². The van der Waals surface area contributed by atoms with E-state index in [4.69, 9.17) is 11.6 Å². The summed E-state index contributed by atoms with van der Waals surface area (Å²) >= 11 is 5.90. The standard InChI is InChI=1S/C13H23ClN6/c1-3-15-12-17-11(14)18-13(19-12)16-9-10-5-7-20(4-2)8-6-10/h10H,3-9H2,1-2H3,(H2,15,16,17,18,19). The molecule has 0 saturated carbocycles. The van der Waals surface area contributed by atoms with Crippen molar-refractivity contribution in [2.24, 2.45) is 5.92 Å². The number of nitrogens with zero attached hydrogens (tertiary/aromatic N) is 4. The van der Waals surface area contributed by atoms with Crippen LogP contribution in [0.1, 0.15) is 26.7 Å². The molecule has 2 N–H and O–H groups in total. The molecule has 1 aliphatic heterocycles. The molecule has 0 aromatic carbocycles. The van der Waals surface area contributed by atoms with Gasteiger partial charge in [-0.15, -0.1) is 0 Å². The summed E-state index contributed by atoms with van der Waals surface area (Å²) in [6, 6.07) is 0. The van der Waals surface area contributed by atoms with E-state index in [9.17, 15) is 0 Å². The van der Waals surface area contributed by atoms with Crippen molar-refractivity contribution < 1.29 is 0 Å². The number of halogens is 1. The van der Waals surface area contributed by atoms with Gasteiger partial charge in [-0.2, -0.15) is 15.0 Å². The largest absolute Gasteiger partial charge is 0.354 e. The zero-order valence-corrected chi connectivity index (χ0v) is 12.9. The van der Waals surface area contributed by atoms with E-state index in [1.54, 1.807) is 0 Å². The average molecular weight is 299 g/mol. The molecule has 112 valence electrons. The van der Waals surface area contributed by atoms with Crippen molar-refractivity contribution in [2.75, 3.05) is 43.4 Å². The molecule has 0 unspecified atom stereocenters. The van der Waals surface area contributed by atoms with Gasteiger partial charge in [0, 0.05) is 13.1 Å². The van der Waals surface area contributed by atoms with Crippen LogP contribution in [0.15, 0.2) is 0 Å². The number of rotatable bonds is 6. The Labute approximate surface area is 125 Å². The lowest BCUT2D eigenvalue weighted by atomic mass is 9.97. The Kier molecular flexibility index (Phi) is 5.79. The molecule has 0 bridgehead atoms. The van der Waals surface area contributed by atoms with Crippen LogP contribution < -0.4 is 10.6 Å². The normalized spacial score (nSPS) is 17.1. The fourth-order valence-corrected chi connectivity index (χ4v) is 2.57. The van der Waals surface area contributed by atoms with E-state index in [1.165, 1.54) is 25.9 Å². The quantitative estimate of drug-likeness (QED) is 0.838. The maximum absolute atomic E-state index is 5.90. The molecule has 1 fully saturated rings. The number of aromatic nitrogens is 3. The van der Waals surface area contributed by atoms with Crippen LogP contribution >= 0.6 is 11.6 Å². The first-order valence-electron chi connectivity index (χ1n) is 7.33. The highest BCUT2D eigenvalue weighted by molar-refractivity contribution is 6.28. The summed E-state index contributed by atoms with van der Waals surface area (Å²) < 4.78 is 0. The zero-order valence-electron chi connectivity index (χ0n) is 12.2. The first-order chi connectivity index (χ1) is 9.71. The summed E-state index contributed by atoms with van der Waals surface area (Å²) in [5.74, 6) is 1.76. The SMILES string of the molecule is CCNc1nc(Cl)nc(NCC2CCN(CC)CC2)n1. The van der Waals surface area contributed by atoms with E-state index in [0.717, 1.165) is 19.6 Å². The molecule has 1 aromatic heterocycles. The van der Waals surface area contributed by atoms with Crippen LogP contribution in [0.2, 0.25) is 5.28 Å². The predicted octanol–water partition coefficient (Wildman–Crippen LogP) is 2.10. The number of nitrogens with one attached hydrogen (secondary N) is 2. The molecule has 0 amide bonds. The molecule has 0 spiro atoms. The van der Waals surface area contributed by atoms with E-state index in [-0.39, 0.29) is 5.28 Å². The van der Waals surface area contributed by atoms with Crippen LogP contribution in [0.4, 0.5) is 11.9 Å². The summed E-state index contributed by atoms with van der Waals surface area (Å²) in [7, 11) is 0. The van der Waals surface area contributed by atoms with Gasteiger partial charge in [-0.05, 0) is 56.9 Å². The Morgan fingerprint density at radius 2 is 1.75 bits per heavy atom. The number of piperidine rings is 1. The molecule has 7 heteroatoms. The van der Waals surface area contributed by atoms with Crippen LogP contribution in [0.5, 0.6) is 0 Å². The predicted molar refractivity (Wildman–Crippen MR) is 82.3 cm³/mol. The third kappa shape index (κ3) is 4.45. The Bertz CT molecular complexity index is 419. The van der Waals surface area contributed by atoms with Crippen LogP contribution in [-0.4, -0.2) is 52.6 Å². The monoisotopic (exact) mass is 298 g/mol. The smallest absolute Gasteiger partial charge is 0.228 e. The molecule has 0 radical (unpaired) electrons. The van der Waals surface area contributed by atoms with Crippen molar-refractivity contribution in [1.29, 1.82) is 0 Å². The second kappa shape index (κ2) is 7.59. The second-order valence-electron chi connectivity index (χ2n) is 5.04. The van der Waals surface area contributed by atoms with Gasteiger partial charge >= 0.3 is 0 Å². The average Bonchev–Trinajstić information content (AvgIpc) is 2.45. The molecule has 1 saturated heterocycles. The van der Waals surface area contributed by atoms with Gasteiger partial charge < -0.3 is 15.5 Å². The van der Waals surface area contributed by atoms with Crippen molar-refractivity contribution in [3.05, 3.63) is 5.28 Å². The Morgan fingerprint density at radius 1 is 1.10 bits per heavy atom. The highest BCUT2D eigenvalue weighted by Gasteiger charge is 2.18. The van der Waals surface area contributed by atoms with Crippen molar-refractivity contribution in [3.8, 4) is 0 Å². The zero-order chi connectivity index (χ0) is 14.4. The van der Waals surface area contributed by atoms with E-state index < -0.39 is 0 Å². The Hall–Kier alpha value is -1.14. The van der Waals surface area contributed by atoms with Gasteiger partial charge in [0.1, 0.15) is 0 Å². The molecule has 0 atom stereocenters. The van der Waals surface area contributed by atoms with E-state index in [2.05, 4.69) is 37.4 Å². The van der Waals surface area contributed by atoms with Gasteiger partial charge in [0.25, 0.3) is 0 Å². The van der Waals surface area contributed by atoms with Crippen molar-refractivity contribution in [1.82, 2.24) is 19.9 Å². The third-order valence-electron chi connectivity index (χ3n) is 3.65. The van der Waals surface area contributed by atoms with E-state index >= 15 is 0 Å². The van der Waals surface area contributed by atoms with Gasteiger partial charge in [-0.1, -0.05) is 6.92 Å². The molecule has 2 rings (SSSR count). The van der Waals surface area contributed by atoms with E-state index in [1.807, 2.05) is 6.92 Å². The second-order valence-corrected chi connectivity index (χ2v) is 5.38. The highest BCUT2D eigenvalue weighted by Crippen LogP contribution is 2.17. The summed E-state index contributed by atoms with van der Waals surface area (Å²) in [6.45, 7) is 9.38. The molecule has 6 nitrogen and oxygen atoms in total. The van der Waals surface area contributed by atoms with Gasteiger partial charge in [0.15, 0.2) is 0 Å². The minimum absolute atomic E-state index is 0.222. The lowest BCUT2D eigenvalue weighted by Crippen LogP contribution is -2.35. The number of anilines is 2. The fourth-order valence-electron chi connectivity index (χ4n) is 2.41. The van der Waals surface area contributed by atoms with Crippen molar-refractivity contribution in [2.45, 2.75) is 26.7 Å². The lowest BCUT2D eigenvalue weighted by Gasteiger charge is -2.31. The van der Waals surface area contributed by atoms with Gasteiger partial charge in [0.05, 0.1) is 0 Å². The van der Waals surface area contributed by atoms with Crippen LogP contribution in [0, 0.1) is 5.92 Å². The maximum atomic E-state index is 5.90. The minimum atomic E-state index is 0.222. The molecule has 20 heavy (non-hydrogen) atoms. The van der Waals surface area contributed by atoms with Crippen LogP contribution in [0.25, 0.3) is 0 Å². The lowest BCUT2D eigenvalue weighted by molar-refractivity contribution is 0.198. The van der Waals surface area contributed by atoms with Gasteiger partial charge in [-0.25, -0.2) is 0 Å². The summed E-state index contributed by atoms with van der Waals surface area (Å²) in [5.41, 5.74) is 0. The fraction of sp³-hybridized carbons (Fsp3) is 0.769. The maximum Gasteiger partial charge on any atom is 0.228 e. The van der Waals surface area contributed by atoms with Gasteiger partial charge in [0.2, 0.25) is 17.2 Å². The molecule has 0 aliphatic carbocycles. The molecule has 1 aliphatic rings. The summed E-state index contributed by atoms with van der Waals surface area (Å²) in [6.07, 6.45) is 2.44. The highest BCUT2D eigenvalue weighted by atomic mass is 35.5. The molecular formula is C13H23ClN6. The first kappa shape index (κ1) is 15.3. The minimum Gasteiger partial charge on any atom is -0.354 e. The molecule has 2 heterocycles. The topological polar surface area (TPSA) is 66.0 Å². The third-order valence-corrected chi connectivity index (χ3v) is 3.82. The first-order valence-corrected chi connectivity index (χ1v) is 7.70.